The zero-order valence-electron chi connectivity index (χ0n) is 23.3. The van der Waals surface area contributed by atoms with E-state index in [2.05, 4.69) is 46.3 Å². The van der Waals surface area contributed by atoms with Gasteiger partial charge in [0.15, 0.2) is 5.13 Å². The van der Waals surface area contributed by atoms with E-state index >= 15 is 0 Å². The van der Waals surface area contributed by atoms with Gasteiger partial charge in [0.1, 0.15) is 0 Å². The highest BCUT2D eigenvalue weighted by molar-refractivity contribution is 7.89. The molecule has 1 fully saturated rings. The average Bonchev–Trinajstić information content (AvgIpc) is 3.44. The summed E-state index contributed by atoms with van der Waals surface area (Å²) in [6, 6.07) is 20.7. The zero-order valence-corrected chi connectivity index (χ0v) is 24.9. The first kappa shape index (κ1) is 27.8. The van der Waals surface area contributed by atoms with Crippen LogP contribution in [-0.4, -0.2) is 74.3 Å². The topological polar surface area (TPSA) is 85.9 Å². The maximum Gasteiger partial charge on any atom is 0.251 e. The van der Waals surface area contributed by atoms with Gasteiger partial charge in [-0.25, -0.2) is 13.4 Å². The van der Waals surface area contributed by atoms with Gasteiger partial charge in [-0.15, -0.1) is 0 Å². The molecule has 1 N–H and O–H groups in total. The quantitative estimate of drug-likeness (QED) is 0.332. The van der Waals surface area contributed by atoms with Crippen LogP contribution in [0.1, 0.15) is 34.0 Å². The van der Waals surface area contributed by atoms with Crippen molar-refractivity contribution in [3.05, 3.63) is 89.0 Å². The molecule has 0 bridgehead atoms. The molecule has 214 valence electrons. The van der Waals surface area contributed by atoms with E-state index in [9.17, 15) is 13.2 Å². The number of carbonyl (C=O) groups is 1. The van der Waals surface area contributed by atoms with Crippen LogP contribution in [0.3, 0.4) is 0 Å². The molecule has 1 saturated heterocycles. The molecule has 2 aliphatic heterocycles. The predicted octanol–water partition coefficient (Wildman–Crippen LogP) is 4.16. The second kappa shape index (κ2) is 11.9. The number of hydrogen-bond acceptors (Lipinski definition) is 7. The SMILES string of the molecule is CCc1ccc2nc(N3CCN(CCNC(=O)c4ccc(S(=O)(=O)N5CCc6ccccc6C5)cc4)CC3)sc2c1. The highest BCUT2D eigenvalue weighted by atomic mass is 32.2. The van der Waals surface area contributed by atoms with E-state index in [0.717, 1.165) is 55.4 Å². The first-order chi connectivity index (χ1) is 19.9. The first-order valence-corrected chi connectivity index (χ1v) is 16.5. The van der Waals surface area contributed by atoms with E-state index in [4.69, 9.17) is 4.98 Å². The van der Waals surface area contributed by atoms with Gasteiger partial charge in [0.2, 0.25) is 10.0 Å². The predicted molar refractivity (Wildman–Crippen MR) is 164 cm³/mol. The molecule has 0 saturated carbocycles. The minimum Gasteiger partial charge on any atom is -0.351 e. The Morgan fingerprint density at radius 1 is 0.951 bits per heavy atom. The molecule has 10 heteroatoms. The number of aromatic nitrogens is 1. The maximum absolute atomic E-state index is 13.2. The monoisotopic (exact) mass is 589 g/mol. The van der Waals surface area contributed by atoms with Gasteiger partial charge in [-0.1, -0.05) is 48.6 Å². The van der Waals surface area contributed by atoms with Crippen molar-refractivity contribution in [1.82, 2.24) is 19.5 Å². The van der Waals surface area contributed by atoms with E-state index in [1.54, 1.807) is 23.5 Å². The van der Waals surface area contributed by atoms with Crippen molar-refractivity contribution in [1.29, 1.82) is 0 Å². The van der Waals surface area contributed by atoms with E-state index in [1.165, 1.54) is 32.3 Å². The number of hydrogen-bond donors (Lipinski definition) is 1. The summed E-state index contributed by atoms with van der Waals surface area (Å²) in [5.74, 6) is -0.194. The third-order valence-corrected chi connectivity index (χ3v) is 11.0. The minimum atomic E-state index is -3.63. The highest BCUT2D eigenvalue weighted by Gasteiger charge is 2.28. The molecule has 4 aromatic rings. The van der Waals surface area contributed by atoms with Crippen LogP contribution in [0.25, 0.3) is 10.2 Å². The summed E-state index contributed by atoms with van der Waals surface area (Å²) in [6.07, 6.45) is 1.73. The Balaban J connectivity index is 0.975. The molecule has 0 radical (unpaired) electrons. The number of sulfonamides is 1. The van der Waals surface area contributed by atoms with Crippen LogP contribution >= 0.6 is 11.3 Å². The molecule has 6 rings (SSSR count). The Hall–Kier alpha value is -3.31. The van der Waals surface area contributed by atoms with Crippen molar-refractivity contribution in [2.24, 2.45) is 0 Å². The molecular formula is C31H35N5O3S2. The van der Waals surface area contributed by atoms with Crippen LogP contribution in [0.5, 0.6) is 0 Å². The largest absolute Gasteiger partial charge is 0.351 e. The molecule has 1 amide bonds. The van der Waals surface area contributed by atoms with Crippen molar-refractivity contribution in [2.45, 2.75) is 31.2 Å². The lowest BCUT2D eigenvalue weighted by atomic mass is 10.0. The van der Waals surface area contributed by atoms with Gasteiger partial charge in [-0.05, 0) is 65.9 Å². The molecule has 3 aromatic carbocycles. The summed E-state index contributed by atoms with van der Waals surface area (Å²) in [7, 11) is -3.63. The summed E-state index contributed by atoms with van der Waals surface area (Å²) < 4.78 is 29.2. The van der Waals surface area contributed by atoms with Crippen LogP contribution < -0.4 is 10.2 Å². The normalized spacial score (nSPS) is 16.6. The summed E-state index contributed by atoms with van der Waals surface area (Å²) in [5, 5.41) is 4.07. The second-order valence-corrected chi connectivity index (χ2v) is 13.6. The van der Waals surface area contributed by atoms with Crippen LogP contribution in [-0.2, 0) is 29.4 Å². The fourth-order valence-corrected chi connectivity index (χ4v) is 8.01. The Bertz CT molecular complexity index is 1640. The highest BCUT2D eigenvalue weighted by Crippen LogP contribution is 2.30. The third-order valence-electron chi connectivity index (χ3n) is 8.06. The van der Waals surface area contributed by atoms with Gasteiger partial charge in [-0.3, -0.25) is 9.69 Å². The van der Waals surface area contributed by atoms with E-state index < -0.39 is 10.0 Å². The number of carbonyl (C=O) groups excluding carboxylic acids is 1. The van der Waals surface area contributed by atoms with Crippen molar-refractivity contribution in [3.63, 3.8) is 0 Å². The van der Waals surface area contributed by atoms with Gasteiger partial charge in [-0.2, -0.15) is 4.31 Å². The van der Waals surface area contributed by atoms with Crippen molar-refractivity contribution in [3.8, 4) is 0 Å². The van der Waals surface area contributed by atoms with Crippen molar-refractivity contribution >= 4 is 42.6 Å². The Kier molecular flexibility index (Phi) is 8.07. The van der Waals surface area contributed by atoms with E-state index in [1.807, 2.05) is 18.2 Å². The van der Waals surface area contributed by atoms with Gasteiger partial charge in [0.05, 0.1) is 15.1 Å². The molecule has 0 aliphatic carbocycles. The van der Waals surface area contributed by atoms with Gasteiger partial charge in [0, 0.05) is 57.9 Å². The number of amides is 1. The van der Waals surface area contributed by atoms with Gasteiger partial charge < -0.3 is 10.2 Å². The van der Waals surface area contributed by atoms with Crippen LogP contribution in [0, 0.1) is 0 Å². The maximum atomic E-state index is 13.2. The Morgan fingerprint density at radius 3 is 2.46 bits per heavy atom. The summed E-state index contributed by atoms with van der Waals surface area (Å²) in [6.45, 7) is 7.95. The minimum absolute atomic E-state index is 0.194. The molecule has 3 heterocycles. The van der Waals surface area contributed by atoms with Crippen molar-refractivity contribution < 1.29 is 13.2 Å². The average molecular weight is 590 g/mol. The number of piperazine rings is 1. The first-order valence-electron chi connectivity index (χ1n) is 14.2. The fourth-order valence-electron chi connectivity index (χ4n) is 5.51. The number of aryl methyl sites for hydroxylation is 1. The van der Waals surface area contributed by atoms with Crippen LogP contribution in [0.4, 0.5) is 5.13 Å². The van der Waals surface area contributed by atoms with E-state index in [0.29, 0.717) is 31.6 Å². The molecule has 41 heavy (non-hydrogen) atoms. The number of nitrogens with one attached hydrogen (secondary N) is 1. The summed E-state index contributed by atoms with van der Waals surface area (Å²) in [5.41, 5.74) is 5.10. The second-order valence-electron chi connectivity index (χ2n) is 10.6. The van der Waals surface area contributed by atoms with Crippen molar-refractivity contribution in [2.75, 3.05) is 50.7 Å². The molecule has 8 nitrogen and oxygen atoms in total. The third kappa shape index (κ3) is 6.01. The summed E-state index contributed by atoms with van der Waals surface area (Å²) in [4.78, 5) is 22.5. The lowest BCUT2D eigenvalue weighted by Crippen LogP contribution is -2.48. The Labute approximate surface area is 245 Å². The smallest absolute Gasteiger partial charge is 0.251 e. The molecule has 0 unspecified atom stereocenters. The number of thiazole rings is 1. The molecule has 0 atom stereocenters. The summed E-state index contributed by atoms with van der Waals surface area (Å²) >= 11 is 1.76. The molecule has 0 spiro atoms. The van der Waals surface area contributed by atoms with Gasteiger partial charge >= 0.3 is 0 Å². The number of benzene rings is 3. The number of fused-ring (bicyclic) bond motifs is 2. The van der Waals surface area contributed by atoms with Crippen LogP contribution in [0.15, 0.2) is 71.6 Å². The molecular weight excluding hydrogens is 555 g/mol. The van der Waals surface area contributed by atoms with E-state index in [-0.39, 0.29) is 10.8 Å². The molecule has 2 aliphatic rings. The van der Waals surface area contributed by atoms with Crippen LogP contribution in [0.2, 0.25) is 0 Å². The Morgan fingerprint density at radius 2 is 1.71 bits per heavy atom. The number of nitrogens with zero attached hydrogens (tertiary/aromatic N) is 4. The zero-order chi connectivity index (χ0) is 28.4. The van der Waals surface area contributed by atoms with Gasteiger partial charge in [0.25, 0.3) is 5.91 Å². The lowest BCUT2D eigenvalue weighted by Gasteiger charge is -2.34. The standard InChI is InChI=1S/C31H35N5O3S2/c1-2-23-7-12-28-29(21-23)40-31(33-28)35-19-17-34(18-20-35)16-14-32-30(37)25-8-10-27(11-9-25)41(38,39)36-15-13-24-5-3-4-6-26(24)22-36/h3-12,21H,2,13-20,22H2,1H3,(H,32,37). The fraction of sp³-hybridized carbons (Fsp3) is 0.355. The lowest BCUT2D eigenvalue weighted by molar-refractivity contribution is 0.0947. The molecule has 1 aromatic heterocycles. The number of anilines is 1. The number of rotatable bonds is 8.